The predicted octanol–water partition coefficient (Wildman–Crippen LogP) is 2.71. The average Bonchev–Trinajstić information content (AvgIpc) is 2.40. The van der Waals surface area contributed by atoms with E-state index in [9.17, 15) is 0 Å². The van der Waals surface area contributed by atoms with Crippen LogP contribution in [0.1, 0.15) is 12.8 Å². The lowest BCUT2D eigenvalue weighted by atomic mass is 9.98. The van der Waals surface area contributed by atoms with Crippen LogP contribution in [0.15, 0.2) is 35.2 Å². The molecule has 100 valence electrons. The normalized spacial score (nSPS) is 21.1. The maximum atomic E-state index is 3.60. The van der Waals surface area contributed by atoms with E-state index in [0.717, 1.165) is 18.2 Å². The van der Waals surface area contributed by atoms with Crippen LogP contribution in [-0.2, 0) is 0 Å². The van der Waals surface area contributed by atoms with E-state index in [-0.39, 0.29) is 0 Å². The largest absolute Gasteiger partial charge is 0.316 e. The zero-order valence-electron chi connectivity index (χ0n) is 11.3. The number of piperidine rings is 1. The molecule has 1 aromatic rings. The van der Waals surface area contributed by atoms with E-state index in [1.807, 2.05) is 11.8 Å². The summed E-state index contributed by atoms with van der Waals surface area (Å²) in [5, 5.41) is 3.60. The molecule has 1 saturated heterocycles. The van der Waals surface area contributed by atoms with Crippen molar-refractivity contribution in [3.8, 4) is 0 Å². The smallest absolute Gasteiger partial charge is 0.0106 e. The number of thioether (sulfide) groups is 1. The van der Waals surface area contributed by atoms with Crippen molar-refractivity contribution in [1.82, 2.24) is 10.2 Å². The van der Waals surface area contributed by atoms with Gasteiger partial charge in [0.05, 0.1) is 0 Å². The van der Waals surface area contributed by atoms with Crippen molar-refractivity contribution in [3.05, 3.63) is 30.3 Å². The molecule has 0 radical (unpaired) electrons. The minimum absolute atomic E-state index is 0.852. The van der Waals surface area contributed by atoms with Gasteiger partial charge in [-0.25, -0.2) is 0 Å². The molecule has 1 unspecified atom stereocenters. The van der Waals surface area contributed by atoms with Crippen LogP contribution in [-0.4, -0.2) is 43.9 Å². The third-order valence-corrected chi connectivity index (χ3v) is 4.46. The second-order valence-corrected chi connectivity index (χ2v) is 6.30. The lowest BCUT2D eigenvalue weighted by Crippen LogP contribution is -2.37. The van der Waals surface area contributed by atoms with Gasteiger partial charge in [-0.1, -0.05) is 18.2 Å². The van der Waals surface area contributed by atoms with Gasteiger partial charge in [0, 0.05) is 23.7 Å². The van der Waals surface area contributed by atoms with Crippen LogP contribution in [0.4, 0.5) is 0 Å². The molecule has 0 saturated carbocycles. The molecule has 18 heavy (non-hydrogen) atoms. The van der Waals surface area contributed by atoms with Gasteiger partial charge in [-0.15, -0.1) is 11.8 Å². The van der Waals surface area contributed by atoms with Crippen molar-refractivity contribution in [2.24, 2.45) is 5.92 Å². The molecule has 2 rings (SSSR count). The van der Waals surface area contributed by atoms with Crippen LogP contribution in [0.2, 0.25) is 0 Å². The first-order chi connectivity index (χ1) is 8.84. The first-order valence-electron chi connectivity index (χ1n) is 6.92. The minimum Gasteiger partial charge on any atom is -0.316 e. The first kappa shape index (κ1) is 13.9. The van der Waals surface area contributed by atoms with Gasteiger partial charge in [-0.05, 0) is 51.0 Å². The summed E-state index contributed by atoms with van der Waals surface area (Å²) in [5.41, 5.74) is 0. The molecular formula is C15H24N2S. The Bertz CT molecular complexity index is 329. The van der Waals surface area contributed by atoms with Gasteiger partial charge < -0.3 is 10.2 Å². The van der Waals surface area contributed by atoms with Gasteiger partial charge in [0.15, 0.2) is 0 Å². The highest BCUT2D eigenvalue weighted by Crippen LogP contribution is 2.16. The lowest BCUT2D eigenvalue weighted by Gasteiger charge is -2.29. The van der Waals surface area contributed by atoms with Gasteiger partial charge in [0.2, 0.25) is 0 Å². The number of hydrogen-bond donors (Lipinski definition) is 1. The van der Waals surface area contributed by atoms with Gasteiger partial charge >= 0.3 is 0 Å². The Morgan fingerprint density at radius 1 is 1.33 bits per heavy atom. The average molecular weight is 264 g/mol. The SMILES string of the molecule is CN1CCCC(CNCCSc2ccccc2)C1. The van der Waals surface area contributed by atoms with E-state index in [2.05, 4.69) is 47.6 Å². The van der Waals surface area contributed by atoms with Crippen molar-refractivity contribution in [3.63, 3.8) is 0 Å². The fourth-order valence-corrected chi connectivity index (χ4v) is 3.34. The second kappa shape index (κ2) is 7.82. The zero-order valence-corrected chi connectivity index (χ0v) is 12.1. The molecule has 3 heteroatoms. The lowest BCUT2D eigenvalue weighted by molar-refractivity contribution is 0.207. The summed E-state index contributed by atoms with van der Waals surface area (Å²) in [6, 6.07) is 10.6. The summed E-state index contributed by atoms with van der Waals surface area (Å²) >= 11 is 1.93. The Balaban J connectivity index is 1.53. The summed E-state index contributed by atoms with van der Waals surface area (Å²) in [5.74, 6) is 2.01. The quantitative estimate of drug-likeness (QED) is 0.628. The van der Waals surface area contributed by atoms with Gasteiger partial charge in [-0.2, -0.15) is 0 Å². The topological polar surface area (TPSA) is 15.3 Å². The van der Waals surface area contributed by atoms with Crippen LogP contribution in [0.3, 0.4) is 0 Å². The van der Waals surface area contributed by atoms with Crippen molar-refractivity contribution < 1.29 is 0 Å². The number of benzene rings is 1. The highest BCUT2D eigenvalue weighted by molar-refractivity contribution is 7.99. The molecule has 1 aliphatic rings. The third kappa shape index (κ3) is 5.01. The molecule has 0 bridgehead atoms. The summed E-state index contributed by atoms with van der Waals surface area (Å²) in [4.78, 5) is 3.82. The fraction of sp³-hybridized carbons (Fsp3) is 0.600. The first-order valence-corrected chi connectivity index (χ1v) is 7.90. The van der Waals surface area contributed by atoms with E-state index < -0.39 is 0 Å². The number of nitrogens with zero attached hydrogens (tertiary/aromatic N) is 1. The van der Waals surface area contributed by atoms with Gasteiger partial charge in [0.25, 0.3) is 0 Å². The molecule has 1 heterocycles. The summed E-state index contributed by atoms with van der Waals surface area (Å²) in [7, 11) is 2.23. The maximum Gasteiger partial charge on any atom is 0.0106 e. The second-order valence-electron chi connectivity index (χ2n) is 5.14. The van der Waals surface area contributed by atoms with Crippen molar-refractivity contribution in [1.29, 1.82) is 0 Å². The maximum absolute atomic E-state index is 3.60. The van der Waals surface area contributed by atoms with E-state index in [1.165, 1.54) is 37.4 Å². The summed E-state index contributed by atoms with van der Waals surface area (Å²) < 4.78 is 0. The Morgan fingerprint density at radius 3 is 2.94 bits per heavy atom. The molecule has 1 aliphatic heterocycles. The van der Waals surface area contributed by atoms with E-state index in [0.29, 0.717) is 0 Å². The number of nitrogens with one attached hydrogen (secondary N) is 1. The van der Waals surface area contributed by atoms with Crippen LogP contribution in [0.25, 0.3) is 0 Å². The van der Waals surface area contributed by atoms with E-state index in [1.54, 1.807) is 0 Å². The number of hydrogen-bond acceptors (Lipinski definition) is 3. The molecule has 1 atom stereocenters. The van der Waals surface area contributed by atoms with Crippen molar-refractivity contribution in [2.45, 2.75) is 17.7 Å². The van der Waals surface area contributed by atoms with Crippen LogP contribution in [0, 0.1) is 5.92 Å². The Morgan fingerprint density at radius 2 is 2.17 bits per heavy atom. The van der Waals surface area contributed by atoms with Crippen LogP contribution >= 0.6 is 11.8 Å². The molecule has 1 N–H and O–H groups in total. The third-order valence-electron chi connectivity index (χ3n) is 3.45. The molecule has 2 nitrogen and oxygen atoms in total. The van der Waals surface area contributed by atoms with Crippen LogP contribution in [0.5, 0.6) is 0 Å². The molecule has 0 amide bonds. The fourth-order valence-electron chi connectivity index (χ4n) is 2.50. The summed E-state index contributed by atoms with van der Waals surface area (Å²) in [6.45, 7) is 4.83. The molecule has 0 aliphatic carbocycles. The molecule has 1 aromatic carbocycles. The van der Waals surface area contributed by atoms with E-state index in [4.69, 9.17) is 0 Å². The van der Waals surface area contributed by atoms with Crippen molar-refractivity contribution in [2.75, 3.05) is 39.0 Å². The summed E-state index contributed by atoms with van der Waals surface area (Å²) in [6.07, 6.45) is 2.75. The Kier molecular flexibility index (Phi) is 6.05. The predicted molar refractivity (Wildman–Crippen MR) is 80.3 cm³/mol. The Labute approximate surface area is 115 Å². The molecule has 0 aromatic heterocycles. The van der Waals surface area contributed by atoms with E-state index >= 15 is 0 Å². The number of rotatable bonds is 6. The number of likely N-dealkylation sites (tertiary alicyclic amines) is 1. The van der Waals surface area contributed by atoms with Crippen molar-refractivity contribution >= 4 is 11.8 Å². The standard InChI is InChI=1S/C15H24N2S/c1-17-10-5-6-14(13-17)12-16-9-11-18-15-7-3-2-4-8-15/h2-4,7-8,14,16H,5-6,9-13H2,1H3. The molecule has 0 spiro atoms. The molecular weight excluding hydrogens is 240 g/mol. The van der Waals surface area contributed by atoms with Gasteiger partial charge in [-0.3, -0.25) is 0 Å². The van der Waals surface area contributed by atoms with Crippen LogP contribution < -0.4 is 5.32 Å². The Hall–Kier alpha value is -0.510. The molecule has 1 fully saturated rings. The zero-order chi connectivity index (χ0) is 12.6. The minimum atomic E-state index is 0.852. The van der Waals surface area contributed by atoms with Gasteiger partial charge in [0.1, 0.15) is 0 Å². The highest BCUT2D eigenvalue weighted by atomic mass is 32.2. The highest BCUT2D eigenvalue weighted by Gasteiger charge is 2.16. The monoisotopic (exact) mass is 264 g/mol.